The third-order valence-electron chi connectivity index (χ3n) is 6.09. The molecule has 1 N–H and O–H groups in total. The number of fused-ring (bicyclic) bond motifs is 6. The minimum absolute atomic E-state index is 0.0652. The van der Waals surface area contributed by atoms with Crippen molar-refractivity contribution < 1.29 is 9.53 Å². The summed E-state index contributed by atoms with van der Waals surface area (Å²) in [4.78, 5) is 23.0. The van der Waals surface area contributed by atoms with Gasteiger partial charge in [0.25, 0.3) is 0 Å². The van der Waals surface area contributed by atoms with Crippen molar-refractivity contribution in [2.45, 2.75) is 38.0 Å². The minimum atomic E-state index is -0.586. The highest BCUT2D eigenvalue weighted by atomic mass is 16.5. The molecule has 5 heteroatoms. The van der Waals surface area contributed by atoms with E-state index >= 15 is 0 Å². The minimum Gasteiger partial charge on any atom is -0.383 e. The zero-order chi connectivity index (χ0) is 16.9. The second kappa shape index (κ2) is 5.24. The number of carbonyl (C=O) groups is 1. The molecule has 1 aromatic heterocycles. The number of aromatic nitrogens is 2. The number of hydrogen-bond acceptors (Lipinski definition) is 4. The molecule has 2 bridgehead atoms. The Bertz CT molecular complexity index is 817. The van der Waals surface area contributed by atoms with Crippen LogP contribution in [0.4, 0.5) is 0 Å². The van der Waals surface area contributed by atoms with Crippen molar-refractivity contribution in [1.29, 1.82) is 0 Å². The van der Waals surface area contributed by atoms with E-state index in [-0.39, 0.29) is 17.2 Å². The van der Waals surface area contributed by atoms with Crippen LogP contribution in [0.25, 0.3) is 11.0 Å². The number of ether oxygens (including phenoxy) is 1. The molecule has 0 saturated heterocycles. The van der Waals surface area contributed by atoms with Crippen LogP contribution < -0.4 is 5.32 Å². The van der Waals surface area contributed by atoms with E-state index in [1.54, 1.807) is 7.11 Å². The molecule has 1 heterocycles. The fraction of sp³-hybridized carbons (Fsp3) is 0.526. The maximum Gasteiger partial charge on any atom is 0.232 e. The third kappa shape index (κ3) is 1.82. The molecule has 2 aromatic rings. The molecule has 4 rings (SSSR count). The van der Waals surface area contributed by atoms with Crippen molar-refractivity contribution in [2.24, 2.45) is 5.41 Å². The lowest BCUT2D eigenvalue weighted by Gasteiger charge is -2.36. The Morgan fingerprint density at radius 2 is 2.00 bits per heavy atom. The van der Waals surface area contributed by atoms with Gasteiger partial charge < -0.3 is 10.1 Å². The average Bonchev–Trinajstić information content (AvgIpc) is 2.95. The van der Waals surface area contributed by atoms with Gasteiger partial charge in [0.1, 0.15) is 0 Å². The van der Waals surface area contributed by atoms with Gasteiger partial charge in [0.15, 0.2) is 0 Å². The van der Waals surface area contributed by atoms with Gasteiger partial charge in [-0.3, -0.25) is 4.79 Å². The highest BCUT2D eigenvalue weighted by molar-refractivity contribution is 5.92. The molecule has 2 atom stereocenters. The predicted octanol–water partition coefficient (Wildman–Crippen LogP) is 2.55. The number of benzene rings is 1. The van der Waals surface area contributed by atoms with Crippen LogP contribution in [0, 0.1) is 5.41 Å². The van der Waals surface area contributed by atoms with E-state index in [4.69, 9.17) is 14.7 Å². The summed E-state index contributed by atoms with van der Waals surface area (Å²) in [6, 6.07) is 7.91. The van der Waals surface area contributed by atoms with Crippen molar-refractivity contribution >= 4 is 16.9 Å². The maximum atomic E-state index is 13.2. The topological polar surface area (TPSA) is 64.1 Å². The third-order valence-corrected chi connectivity index (χ3v) is 6.09. The van der Waals surface area contributed by atoms with Gasteiger partial charge >= 0.3 is 0 Å². The van der Waals surface area contributed by atoms with Crippen molar-refractivity contribution in [1.82, 2.24) is 15.3 Å². The van der Waals surface area contributed by atoms with Crippen molar-refractivity contribution in [3.63, 3.8) is 0 Å². The van der Waals surface area contributed by atoms with Crippen LogP contribution in [-0.4, -0.2) is 36.1 Å². The zero-order valence-corrected chi connectivity index (χ0v) is 14.4. The van der Waals surface area contributed by atoms with Crippen LogP contribution >= 0.6 is 0 Å². The van der Waals surface area contributed by atoms with Crippen LogP contribution in [0.2, 0.25) is 0 Å². The van der Waals surface area contributed by atoms with Crippen LogP contribution in [0.5, 0.6) is 0 Å². The highest BCUT2D eigenvalue weighted by Gasteiger charge is 2.67. The summed E-state index contributed by atoms with van der Waals surface area (Å²) in [6.45, 7) is 5.42. The van der Waals surface area contributed by atoms with Gasteiger partial charge in [0, 0.05) is 19.6 Å². The molecule has 1 saturated carbocycles. The van der Waals surface area contributed by atoms with E-state index in [2.05, 4.69) is 19.2 Å². The molecular weight excluding hydrogens is 302 g/mol. The van der Waals surface area contributed by atoms with Crippen LogP contribution in [-0.2, 0) is 14.9 Å². The fourth-order valence-electron chi connectivity index (χ4n) is 4.75. The molecule has 1 fully saturated rings. The molecule has 2 aliphatic carbocycles. The summed E-state index contributed by atoms with van der Waals surface area (Å²) < 4.78 is 5.07. The Balaban J connectivity index is 1.85. The molecule has 126 valence electrons. The molecule has 2 aliphatic rings. The van der Waals surface area contributed by atoms with Gasteiger partial charge in [-0.2, -0.15) is 0 Å². The lowest BCUT2D eigenvalue weighted by atomic mass is 9.67. The Hall–Kier alpha value is -2.01. The number of methoxy groups -OCH3 is 1. The Morgan fingerprint density at radius 1 is 1.29 bits per heavy atom. The van der Waals surface area contributed by atoms with E-state index in [0.29, 0.717) is 13.2 Å². The second-order valence-electron chi connectivity index (χ2n) is 7.41. The lowest BCUT2D eigenvalue weighted by molar-refractivity contribution is -0.130. The smallest absolute Gasteiger partial charge is 0.232 e. The van der Waals surface area contributed by atoms with E-state index in [1.165, 1.54) is 0 Å². The Labute approximate surface area is 141 Å². The highest BCUT2D eigenvalue weighted by Crippen LogP contribution is 2.67. The first-order valence-corrected chi connectivity index (χ1v) is 8.57. The second-order valence-corrected chi connectivity index (χ2v) is 7.41. The van der Waals surface area contributed by atoms with Gasteiger partial charge in [-0.1, -0.05) is 26.0 Å². The molecule has 0 spiro atoms. The number of carbonyl (C=O) groups excluding carboxylic acids is 1. The van der Waals surface area contributed by atoms with Crippen molar-refractivity contribution in [3.8, 4) is 0 Å². The molecule has 0 aliphatic heterocycles. The van der Waals surface area contributed by atoms with Crippen LogP contribution in [0.3, 0.4) is 0 Å². The zero-order valence-electron chi connectivity index (χ0n) is 14.4. The Kier molecular flexibility index (Phi) is 3.39. The standard InChI is InChI=1S/C19H23N3O2/c1-18(2)12-8-9-19(18,17(23)20-10-11-24-3)16-15(12)21-13-6-4-5-7-14(13)22-16/h4-7,12H,8-11H2,1-3H3,(H,20,23). The van der Waals surface area contributed by atoms with Gasteiger partial charge in [-0.05, 0) is 30.4 Å². The predicted molar refractivity (Wildman–Crippen MR) is 91.9 cm³/mol. The first-order chi connectivity index (χ1) is 11.5. The normalized spacial score (nSPS) is 26.5. The molecule has 24 heavy (non-hydrogen) atoms. The summed E-state index contributed by atoms with van der Waals surface area (Å²) in [5.41, 5.74) is 2.92. The van der Waals surface area contributed by atoms with E-state index < -0.39 is 5.41 Å². The summed E-state index contributed by atoms with van der Waals surface area (Å²) >= 11 is 0. The molecule has 5 nitrogen and oxygen atoms in total. The van der Waals surface area contributed by atoms with Gasteiger partial charge in [-0.15, -0.1) is 0 Å². The number of amides is 1. The Morgan fingerprint density at radius 3 is 2.71 bits per heavy atom. The monoisotopic (exact) mass is 325 g/mol. The lowest BCUT2D eigenvalue weighted by Crippen LogP contribution is -2.50. The summed E-state index contributed by atoms with van der Waals surface area (Å²) in [7, 11) is 1.64. The van der Waals surface area contributed by atoms with Crippen molar-refractivity contribution in [2.75, 3.05) is 20.3 Å². The first-order valence-electron chi connectivity index (χ1n) is 8.57. The number of nitrogens with one attached hydrogen (secondary N) is 1. The maximum absolute atomic E-state index is 13.2. The molecule has 1 aromatic carbocycles. The quantitative estimate of drug-likeness (QED) is 0.878. The number of nitrogens with zero attached hydrogens (tertiary/aromatic N) is 2. The fourth-order valence-corrected chi connectivity index (χ4v) is 4.75. The van der Waals surface area contributed by atoms with Crippen LogP contribution in [0.1, 0.15) is 44.0 Å². The van der Waals surface area contributed by atoms with Crippen molar-refractivity contribution in [3.05, 3.63) is 35.7 Å². The summed E-state index contributed by atoms with van der Waals surface area (Å²) in [5, 5.41) is 3.06. The first kappa shape index (κ1) is 15.5. The number of rotatable bonds is 4. The molecular formula is C19H23N3O2. The average molecular weight is 325 g/mol. The van der Waals surface area contributed by atoms with Gasteiger partial charge in [0.05, 0.1) is 34.4 Å². The van der Waals surface area contributed by atoms with Gasteiger partial charge in [-0.25, -0.2) is 9.97 Å². The number of para-hydroxylation sites is 2. The SMILES string of the molecule is COCCNC(=O)C12CCC(c3nc4ccccc4nc31)C2(C)C. The molecule has 1 amide bonds. The van der Waals surface area contributed by atoms with Gasteiger partial charge in [0.2, 0.25) is 5.91 Å². The van der Waals surface area contributed by atoms with E-state index in [9.17, 15) is 4.79 Å². The summed E-state index contributed by atoms with van der Waals surface area (Å²) in [5.74, 6) is 0.355. The summed E-state index contributed by atoms with van der Waals surface area (Å²) in [6.07, 6.45) is 1.83. The molecule has 2 unspecified atom stereocenters. The number of hydrogen-bond donors (Lipinski definition) is 1. The van der Waals surface area contributed by atoms with E-state index in [1.807, 2.05) is 24.3 Å². The largest absolute Gasteiger partial charge is 0.383 e. The molecule has 0 radical (unpaired) electrons. The van der Waals surface area contributed by atoms with Crippen LogP contribution in [0.15, 0.2) is 24.3 Å². The van der Waals surface area contributed by atoms with E-state index in [0.717, 1.165) is 35.3 Å².